The molecule has 0 saturated heterocycles. The molecule has 80 valence electrons. The maximum absolute atomic E-state index is 11.4. The first kappa shape index (κ1) is 11.0. The van der Waals surface area contributed by atoms with Crippen LogP contribution < -0.4 is 4.72 Å². The standard InChI is InChI=1S/C7H14N4O2S/c1-2-3-4-5-14(12,13)11-7-8-6-9-10-7/h6H,2-5H2,1H3,(H2,8,9,10,11). The van der Waals surface area contributed by atoms with Crippen molar-refractivity contribution in [2.45, 2.75) is 26.2 Å². The normalized spacial score (nSPS) is 11.5. The molecule has 0 aliphatic carbocycles. The van der Waals surface area contributed by atoms with Gasteiger partial charge in [-0.3, -0.25) is 5.10 Å². The van der Waals surface area contributed by atoms with Crippen molar-refractivity contribution in [1.82, 2.24) is 15.2 Å². The molecule has 1 aromatic rings. The fraction of sp³-hybridized carbons (Fsp3) is 0.714. The minimum Gasteiger partial charge on any atom is -0.264 e. The minimum absolute atomic E-state index is 0.0986. The van der Waals surface area contributed by atoms with Crippen LogP contribution in [0, 0.1) is 0 Å². The summed E-state index contributed by atoms with van der Waals surface area (Å²) >= 11 is 0. The summed E-state index contributed by atoms with van der Waals surface area (Å²) < 4.78 is 25.0. The zero-order valence-electron chi connectivity index (χ0n) is 8.02. The zero-order chi connectivity index (χ0) is 10.4. The van der Waals surface area contributed by atoms with Crippen LogP contribution in [0.4, 0.5) is 5.95 Å². The Labute approximate surface area is 83.2 Å². The fourth-order valence-electron chi connectivity index (χ4n) is 0.990. The van der Waals surface area contributed by atoms with Crippen molar-refractivity contribution in [3.05, 3.63) is 6.33 Å². The van der Waals surface area contributed by atoms with Crippen LogP contribution in [-0.2, 0) is 10.0 Å². The van der Waals surface area contributed by atoms with E-state index in [2.05, 4.69) is 19.9 Å². The number of nitrogens with one attached hydrogen (secondary N) is 2. The van der Waals surface area contributed by atoms with Crippen molar-refractivity contribution in [3.8, 4) is 0 Å². The maximum atomic E-state index is 11.4. The molecular formula is C7H14N4O2S. The van der Waals surface area contributed by atoms with Gasteiger partial charge in [0.1, 0.15) is 6.33 Å². The third-order valence-corrected chi connectivity index (χ3v) is 3.00. The molecule has 0 aliphatic rings. The van der Waals surface area contributed by atoms with Crippen LogP contribution in [0.3, 0.4) is 0 Å². The Morgan fingerprint density at radius 3 is 2.86 bits per heavy atom. The fourth-order valence-corrected chi connectivity index (χ4v) is 2.05. The van der Waals surface area contributed by atoms with E-state index < -0.39 is 10.0 Å². The quantitative estimate of drug-likeness (QED) is 0.689. The van der Waals surface area contributed by atoms with Crippen LogP contribution in [0.15, 0.2) is 6.33 Å². The van der Waals surface area contributed by atoms with Crippen LogP contribution in [0.2, 0.25) is 0 Å². The smallest absolute Gasteiger partial charge is 0.255 e. The van der Waals surface area contributed by atoms with Gasteiger partial charge in [0.2, 0.25) is 10.0 Å². The van der Waals surface area contributed by atoms with E-state index in [4.69, 9.17) is 0 Å². The van der Waals surface area contributed by atoms with E-state index in [0.29, 0.717) is 6.42 Å². The lowest BCUT2D eigenvalue weighted by atomic mass is 10.3. The molecule has 0 unspecified atom stereocenters. The predicted molar refractivity (Wildman–Crippen MR) is 53.3 cm³/mol. The summed E-state index contributed by atoms with van der Waals surface area (Å²) in [5.41, 5.74) is 0. The lowest BCUT2D eigenvalue weighted by Crippen LogP contribution is -2.17. The summed E-state index contributed by atoms with van der Waals surface area (Å²) in [5.74, 6) is 0.219. The van der Waals surface area contributed by atoms with Gasteiger partial charge in [-0.2, -0.15) is 4.98 Å². The number of unbranched alkanes of at least 4 members (excludes halogenated alkanes) is 2. The number of hydrogen-bond donors (Lipinski definition) is 2. The van der Waals surface area contributed by atoms with E-state index in [0.717, 1.165) is 12.8 Å². The van der Waals surface area contributed by atoms with Gasteiger partial charge < -0.3 is 0 Å². The van der Waals surface area contributed by atoms with E-state index in [-0.39, 0.29) is 11.7 Å². The topological polar surface area (TPSA) is 87.7 Å². The summed E-state index contributed by atoms with van der Waals surface area (Å²) in [7, 11) is -3.27. The maximum Gasteiger partial charge on any atom is 0.255 e. The number of rotatable bonds is 6. The molecule has 1 heterocycles. The number of sulfonamides is 1. The lowest BCUT2D eigenvalue weighted by molar-refractivity contribution is 0.595. The molecule has 0 atom stereocenters. The summed E-state index contributed by atoms with van der Waals surface area (Å²) in [5, 5.41) is 6.03. The molecule has 0 spiro atoms. The number of anilines is 1. The Bertz CT molecular complexity index is 346. The highest BCUT2D eigenvalue weighted by Gasteiger charge is 2.11. The monoisotopic (exact) mass is 218 g/mol. The summed E-state index contributed by atoms with van der Waals surface area (Å²) in [6.07, 6.45) is 3.89. The van der Waals surface area contributed by atoms with Crippen molar-refractivity contribution in [2.24, 2.45) is 0 Å². The van der Waals surface area contributed by atoms with Crippen LogP contribution >= 0.6 is 0 Å². The second-order valence-corrected chi connectivity index (χ2v) is 4.79. The molecule has 2 N–H and O–H groups in total. The van der Waals surface area contributed by atoms with Gasteiger partial charge in [-0.1, -0.05) is 19.8 Å². The molecular weight excluding hydrogens is 204 g/mol. The highest BCUT2D eigenvalue weighted by molar-refractivity contribution is 7.92. The van der Waals surface area contributed by atoms with Crippen molar-refractivity contribution < 1.29 is 8.42 Å². The first-order valence-electron chi connectivity index (χ1n) is 4.50. The Morgan fingerprint density at radius 2 is 2.29 bits per heavy atom. The van der Waals surface area contributed by atoms with Gasteiger partial charge >= 0.3 is 0 Å². The molecule has 0 fully saturated rings. The average Bonchev–Trinajstić information content (AvgIpc) is 2.56. The lowest BCUT2D eigenvalue weighted by Gasteiger charge is -2.02. The molecule has 7 heteroatoms. The Morgan fingerprint density at radius 1 is 1.50 bits per heavy atom. The largest absolute Gasteiger partial charge is 0.264 e. The van der Waals surface area contributed by atoms with Crippen LogP contribution in [0.5, 0.6) is 0 Å². The summed E-state index contributed by atoms with van der Waals surface area (Å²) in [4.78, 5) is 3.67. The Hall–Kier alpha value is -1.11. The number of hydrogen-bond acceptors (Lipinski definition) is 4. The van der Waals surface area contributed by atoms with E-state index in [1.807, 2.05) is 6.92 Å². The second-order valence-electron chi connectivity index (χ2n) is 2.95. The average molecular weight is 218 g/mol. The number of aromatic amines is 1. The van der Waals surface area contributed by atoms with E-state index in [1.54, 1.807) is 0 Å². The molecule has 0 aromatic carbocycles. The van der Waals surface area contributed by atoms with Crippen LogP contribution in [0.25, 0.3) is 0 Å². The highest BCUT2D eigenvalue weighted by Crippen LogP contribution is 2.02. The first-order chi connectivity index (χ1) is 6.64. The van der Waals surface area contributed by atoms with Crippen LogP contribution in [-0.4, -0.2) is 29.4 Å². The van der Waals surface area contributed by atoms with E-state index in [9.17, 15) is 8.42 Å². The van der Waals surface area contributed by atoms with Crippen molar-refractivity contribution in [3.63, 3.8) is 0 Å². The SMILES string of the molecule is CCCCCS(=O)(=O)Nc1nc[nH]n1. The van der Waals surface area contributed by atoms with Gasteiger partial charge in [0, 0.05) is 0 Å². The molecule has 0 saturated carbocycles. The Balaban J connectivity index is 2.42. The van der Waals surface area contributed by atoms with Gasteiger partial charge in [0.25, 0.3) is 5.95 Å². The van der Waals surface area contributed by atoms with E-state index >= 15 is 0 Å². The van der Waals surface area contributed by atoms with Crippen LogP contribution in [0.1, 0.15) is 26.2 Å². The highest BCUT2D eigenvalue weighted by atomic mass is 32.2. The van der Waals surface area contributed by atoms with E-state index in [1.165, 1.54) is 6.33 Å². The number of H-pyrrole nitrogens is 1. The minimum atomic E-state index is -3.27. The summed E-state index contributed by atoms with van der Waals surface area (Å²) in [6, 6.07) is 0. The molecule has 0 bridgehead atoms. The summed E-state index contributed by atoms with van der Waals surface area (Å²) in [6.45, 7) is 2.02. The second kappa shape index (κ2) is 4.94. The van der Waals surface area contributed by atoms with Gasteiger partial charge in [-0.25, -0.2) is 13.1 Å². The van der Waals surface area contributed by atoms with Crippen molar-refractivity contribution in [1.29, 1.82) is 0 Å². The molecule has 14 heavy (non-hydrogen) atoms. The van der Waals surface area contributed by atoms with Gasteiger partial charge in [0.15, 0.2) is 0 Å². The number of aromatic nitrogens is 3. The molecule has 1 rings (SSSR count). The van der Waals surface area contributed by atoms with Gasteiger partial charge in [0.05, 0.1) is 5.75 Å². The Kier molecular flexibility index (Phi) is 3.87. The molecule has 0 aliphatic heterocycles. The molecule has 1 aromatic heterocycles. The first-order valence-corrected chi connectivity index (χ1v) is 6.15. The van der Waals surface area contributed by atoms with Crippen molar-refractivity contribution >= 4 is 16.0 Å². The predicted octanol–water partition coefficient (Wildman–Crippen LogP) is 0.737. The molecule has 6 nitrogen and oxygen atoms in total. The molecule has 0 amide bonds. The van der Waals surface area contributed by atoms with Gasteiger partial charge in [-0.15, -0.1) is 5.10 Å². The zero-order valence-corrected chi connectivity index (χ0v) is 8.84. The number of nitrogens with zero attached hydrogens (tertiary/aromatic N) is 2. The molecule has 0 radical (unpaired) electrons. The van der Waals surface area contributed by atoms with Gasteiger partial charge in [-0.05, 0) is 6.42 Å². The van der Waals surface area contributed by atoms with Crippen molar-refractivity contribution in [2.75, 3.05) is 10.5 Å². The third-order valence-electron chi connectivity index (χ3n) is 1.68. The third kappa shape index (κ3) is 3.73.